The molecule has 1 aliphatic rings. The van der Waals surface area contributed by atoms with Gasteiger partial charge in [-0.05, 0) is 25.5 Å². The smallest absolute Gasteiger partial charge is 0.338 e. The van der Waals surface area contributed by atoms with Crippen molar-refractivity contribution >= 4 is 21.6 Å². The number of unbranched alkanes of at least 4 members (excludes halogenated alkanes) is 3. The van der Waals surface area contributed by atoms with Crippen LogP contribution in [0.2, 0.25) is 0 Å². The maximum atomic E-state index is 13.1. The Bertz CT molecular complexity index is 1010. The van der Waals surface area contributed by atoms with Crippen LogP contribution in [0.25, 0.3) is 5.76 Å². The minimum Gasteiger partial charge on any atom is -0.488 e. The Balaban J connectivity index is 1.96. The highest BCUT2D eigenvalue weighted by atomic mass is 32.2. The van der Waals surface area contributed by atoms with Crippen LogP contribution in [-0.4, -0.2) is 32.9 Å². The van der Waals surface area contributed by atoms with E-state index in [1.807, 2.05) is 30.3 Å². The third-order valence-electron chi connectivity index (χ3n) is 5.72. The SMILES string of the molecule is CCCCCC[C@H]1C(C(=O)OCC)=C(c2ccccc2)O[C@@H]1CS(=O)(=O)c1ccccc1. The minimum absolute atomic E-state index is 0.186. The van der Waals surface area contributed by atoms with Crippen LogP contribution in [0.4, 0.5) is 0 Å². The number of carbonyl (C=O) groups is 1. The van der Waals surface area contributed by atoms with E-state index < -0.39 is 21.9 Å². The average molecular weight is 457 g/mol. The number of hydrogen-bond acceptors (Lipinski definition) is 5. The van der Waals surface area contributed by atoms with Gasteiger partial charge in [0, 0.05) is 11.5 Å². The van der Waals surface area contributed by atoms with Crippen LogP contribution in [0.5, 0.6) is 0 Å². The molecule has 3 rings (SSSR count). The maximum Gasteiger partial charge on any atom is 0.338 e. The summed E-state index contributed by atoms with van der Waals surface area (Å²) in [4.78, 5) is 13.3. The van der Waals surface area contributed by atoms with Crippen LogP contribution in [0.1, 0.15) is 51.5 Å². The lowest BCUT2D eigenvalue weighted by Gasteiger charge is -2.21. The molecule has 0 saturated carbocycles. The number of ether oxygens (including phenoxy) is 2. The van der Waals surface area contributed by atoms with Crippen molar-refractivity contribution < 1.29 is 22.7 Å². The van der Waals surface area contributed by atoms with Gasteiger partial charge in [-0.15, -0.1) is 0 Å². The fourth-order valence-corrected chi connectivity index (χ4v) is 5.63. The predicted molar refractivity (Wildman–Crippen MR) is 126 cm³/mol. The van der Waals surface area contributed by atoms with Crippen LogP contribution < -0.4 is 0 Å². The number of sulfone groups is 1. The van der Waals surface area contributed by atoms with E-state index in [2.05, 4.69) is 6.92 Å². The second-order valence-corrected chi connectivity index (χ2v) is 10.1. The Morgan fingerprint density at radius 2 is 1.59 bits per heavy atom. The lowest BCUT2D eigenvalue weighted by Crippen LogP contribution is -2.30. The lowest BCUT2D eigenvalue weighted by molar-refractivity contribution is -0.139. The first kappa shape index (κ1) is 24.1. The maximum absolute atomic E-state index is 13.1. The van der Waals surface area contributed by atoms with Gasteiger partial charge in [0.25, 0.3) is 0 Å². The Morgan fingerprint density at radius 1 is 0.938 bits per heavy atom. The molecule has 2 atom stereocenters. The molecular weight excluding hydrogens is 424 g/mol. The summed E-state index contributed by atoms with van der Waals surface area (Å²) in [7, 11) is -3.58. The van der Waals surface area contributed by atoms with Gasteiger partial charge in [0.05, 0.1) is 22.8 Å². The second-order valence-electron chi connectivity index (χ2n) is 8.04. The van der Waals surface area contributed by atoms with Crippen molar-refractivity contribution in [2.75, 3.05) is 12.4 Å². The van der Waals surface area contributed by atoms with E-state index in [0.717, 1.165) is 31.2 Å². The topological polar surface area (TPSA) is 69.7 Å². The van der Waals surface area contributed by atoms with Crippen molar-refractivity contribution in [3.05, 3.63) is 71.8 Å². The normalized spacial score (nSPS) is 18.4. The van der Waals surface area contributed by atoms with E-state index in [-0.39, 0.29) is 23.2 Å². The first-order valence-corrected chi connectivity index (χ1v) is 13.0. The molecule has 0 amide bonds. The van der Waals surface area contributed by atoms with Crippen molar-refractivity contribution in [2.45, 2.75) is 57.0 Å². The van der Waals surface area contributed by atoms with E-state index in [4.69, 9.17) is 9.47 Å². The highest BCUT2D eigenvalue weighted by Crippen LogP contribution is 2.41. The molecule has 2 aromatic carbocycles. The quantitative estimate of drug-likeness (QED) is 0.334. The molecule has 32 heavy (non-hydrogen) atoms. The number of esters is 1. The Hall–Kier alpha value is -2.60. The van der Waals surface area contributed by atoms with Crippen molar-refractivity contribution in [1.29, 1.82) is 0 Å². The van der Waals surface area contributed by atoms with Crippen LogP contribution >= 0.6 is 0 Å². The number of rotatable bonds is 11. The molecule has 0 N–H and O–H groups in total. The largest absolute Gasteiger partial charge is 0.488 e. The molecule has 172 valence electrons. The zero-order valence-electron chi connectivity index (χ0n) is 18.8. The third kappa shape index (κ3) is 5.80. The van der Waals surface area contributed by atoms with Crippen LogP contribution in [0.3, 0.4) is 0 Å². The first-order chi connectivity index (χ1) is 15.5. The standard InChI is InChI=1S/C26H32O5S/c1-3-5-6-13-18-22-23(19-32(28,29)21-16-11-8-12-17-21)31-25(20-14-9-7-10-15-20)24(22)26(27)30-4-2/h7-12,14-17,22-23H,3-6,13,18-19H2,1-2H3/t22-,23-/m1/s1. The fraction of sp³-hybridized carbons (Fsp3) is 0.423. The van der Waals surface area contributed by atoms with E-state index >= 15 is 0 Å². The Labute approximate surface area is 191 Å². The summed E-state index contributed by atoms with van der Waals surface area (Å²) in [5, 5.41) is 0. The van der Waals surface area contributed by atoms with Crippen molar-refractivity contribution in [3.63, 3.8) is 0 Å². The highest BCUT2D eigenvalue weighted by Gasteiger charge is 2.43. The molecule has 0 saturated heterocycles. The molecule has 1 aliphatic heterocycles. The summed E-state index contributed by atoms with van der Waals surface area (Å²) < 4.78 is 37.9. The van der Waals surface area contributed by atoms with E-state index in [1.54, 1.807) is 37.3 Å². The van der Waals surface area contributed by atoms with Gasteiger partial charge in [-0.1, -0.05) is 81.1 Å². The molecular formula is C26H32O5S. The number of hydrogen-bond donors (Lipinski definition) is 0. The van der Waals surface area contributed by atoms with Gasteiger partial charge in [-0.3, -0.25) is 0 Å². The first-order valence-electron chi connectivity index (χ1n) is 11.4. The monoisotopic (exact) mass is 456 g/mol. The zero-order chi connectivity index (χ0) is 23.0. The Kier molecular flexibility index (Phi) is 8.51. The summed E-state index contributed by atoms with van der Waals surface area (Å²) >= 11 is 0. The molecule has 0 bridgehead atoms. The zero-order valence-corrected chi connectivity index (χ0v) is 19.6. The molecule has 1 heterocycles. The van der Waals surface area contributed by atoms with Crippen LogP contribution in [0, 0.1) is 5.92 Å². The molecule has 0 fully saturated rings. The van der Waals surface area contributed by atoms with E-state index in [9.17, 15) is 13.2 Å². The van der Waals surface area contributed by atoms with Gasteiger partial charge >= 0.3 is 5.97 Å². The minimum atomic E-state index is -3.58. The highest BCUT2D eigenvalue weighted by molar-refractivity contribution is 7.91. The van der Waals surface area contributed by atoms with Gasteiger partial charge in [-0.2, -0.15) is 0 Å². The molecule has 5 nitrogen and oxygen atoms in total. The van der Waals surface area contributed by atoms with Gasteiger partial charge in [0.15, 0.2) is 9.84 Å². The molecule has 0 radical (unpaired) electrons. The summed E-state index contributed by atoms with van der Waals surface area (Å²) in [6.45, 7) is 4.16. The molecule has 2 aromatic rings. The summed E-state index contributed by atoms with van der Waals surface area (Å²) in [5.41, 5.74) is 1.22. The fourth-order valence-electron chi connectivity index (χ4n) is 4.13. The van der Waals surface area contributed by atoms with Crippen LogP contribution in [-0.2, 0) is 24.1 Å². The summed E-state index contributed by atoms with van der Waals surface area (Å²) in [6.07, 6.45) is 4.17. The van der Waals surface area contributed by atoms with E-state index in [1.165, 1.54) is 0 Å². The predicted octanol–water partition coefficient (Wildman–Crippen LogP) is 5.42. The van der Waals surface area contributed by atoms with E-state index in [0.29, 0.717) is 17.8 Å². The van der Waals surface area contributed by atoms with Crippen LogP contribution in [0.15, 0.2) is 71.1 Å². The van der Waals surface area contributed by atoms with Crippen molar-refractivity contribution in [3.8, 4) is 0 Å². The molecule has 0 spiro atoms. The average Bonchev–Trinajstić information content (AvgIpc) is 3.15. The lowest BCUT2D eigenvalue weighted by atomic mass is 9.89. The molecule has 0 unspecified atom stereocenters. The van der Waals surface area contributed by atoms with Crippen molar-refractivity contribution in [2.24, 2.45) is 5.92 Å². The van der Waals surface area contributed by atoms with Crippen molar-refractivity contribution in [1.82, 2.24) is 0 Å². The van der Waals surface area contributed by atoms with Gasteiger partial charge in [-0.25, -0.2) is 13.2 Å². The molecule has 0 aromatic heterocycles. The summed E-state index contributed by atoms with van der Waals surface area (Å²) in [5.74, 6) is -0.502. The molecule has 6 heteroatoms. The Morgan fingerprint density at radius 3 is 2.22 bits per heavy atom. The number of carbonyl (C=O) groups excluding carboxylic acids is 1. The summed E-state index contributed by atoms with van der Waals surface area (Å²) in [6, 6.07) is 17.8. The number of benzene rings is 2. The molecule has 0 aliphatic carbocycles. The van der Waals surface area contributed by atoms with Gasteiger partial charge in [0.1, 0.15) is 11.9 Å². The third-order valence-corrected chi connectivity index (χ3v) is 7.48. The van der Waals surface area contributed by atoms with Gasteiger partial charge < -0.3 is 9.47 Å². The van der Waals surface area contributed by atoms with Gasteiger partial charge in [0.2, 0.25) is 0 Å². The second kappa shape index (κ2) is 11.3.